The highest BCUT2D eigenvalue weighted by Gasteiger charge is 2.76. The van der Waals surface area contributed by atoms with Gasteiger partial charge in [0.2, 0.25) is 11.8 Å². The van der Waals surface area contributed by atoms with Crippen molar-refractivity contribution < 1.29 is 24.2 Å². The van der Waals surface area contributed by atoms with Gasteiger partial charge in [0.1, 0.15) is 11.6 Å². The quantitative estimate of drug-likeness (QED) is 0.188. The van der Waals surface area contributed by atoms with Crippen LogP contribution in [-0.4, -0.2) is 88.0 Å². The average molecular weight is 637 g/mol. The molecule has 3 fully saturated rings. The molecule has 1 spiro atoms. The lowest BCUT2D eigenvalue weighted by atomic mass is 9.70. The number of halogens is 2. The molecule has 10 heteroatoms. The van der Waals surface area contributed by atoms with Crippen molar-refractivity contribution in [2.24, 2.45) is 11.8 Å². The molecular weight excluding hydrogens is 598 g/mol. The number of aliphatic hydroxyl groups excluding tert-OH is 1. The summed E-state index contributed by atoms with van der Waals surface area (Å²) in [4.78, 5) is 47.6. The van der Waals surface area contributed by atoms with Gasteiger partial charge in [-0.2, -0.15) is 0 Å². The van der Waals surface area contributed by atoms with Crippen molar-refractivity contribution in [1.82, 2.24) is 9.80 Å². The number of aliphatic hydroxyl groups is 1. The van der Waals surface area contributed by atoms with Crippen LogP contribution in [0.5, 0.6) is 0 Å². The third kappa shape index (κ3) is 5.50. The third-order valence-corrected chi connectivity index (χ3v) is 9.33. The summed E-state index contributed by atoms with van der Waals surface area (Å²) >= 11 is 9.86. The highest BCUT2D eigenvalue weighted by molar-refractivity contribution is 9.09. The third-order valence-electron chi connectivity index (χ3n) is 8.24. The molecule has 0 saturated carbocycles. The predicted molar refractivity (Wildman–Crippen MR) is 159 cm³/mol. The molecule has 0 radical (unpaired) electrons. The minimum absolute atomic E-state index is 0.0652. The maximum atomic E-state index is 14.5. The molecule has 218 valence electrons. The zero-order valence-corrected chi connectivity index (χ0v) is 25.4. The number of hydrogen-bond donors (Lipinski definition) is 1. The second kappa shape index (κ2) is 13.2. The normalized spacial score (nSPS) is 28.4. The minimum Gasteiger partial charge on any atom is -0.396 e. The van der Waals surface area contributed by atoms with Crippen LogP contribution in [0.15, 0.2) is 49.6 Å². The van der Waals surface area contributed by atoms with Crippen LogP contribution >= 0.6 is 27.5 Å². The first kappa shape index (κ1) is 30.8. The largest absolute Gasteiger partial charge is 0.396 e. The van der Waals surface area contributed by atoms with Crippen molar-refractivity contribution in [3.8, 4) is 0 Å². The fraction of sp³-hybridized carbons (Fsp3) is 0.567. The number of anilines is 1. The van der Waals surface area contributed by atoms with Crippen LogP contribution in [0, 0.1) is 11.8 Å². The number of alkyl halides is 1. The Bertz CT molecular complexity index is 1120. The van der Waals surface area contributed by atoms with E-state index in [1.807, 2.05) is 6.92 Å². The molecule has 0 aromatic heterocycles. The van der Waals surface area contributed by atoms with E-state index < -0.39 is 29.6 Å². The van der Waals surface area contributed by atoms with E-state index in [1.165, 1.54) is 0 Å². The van der Waals surface area contributed by atoms with Crippen LogP contribution in [0.3, 0.4) is 0 Å². The van der Waals surface area contributed by atoms with Crippen molar-refractivity contribution in [2.75, 3.05) is 37.7 Å². The van der Waals surface area contributed by atoms with Crippen molar-refractivity contribution in [2.45, 2.75) is 61.6 Å². The fourth-order valence-electron chi connectivity index (χ4n) is 6.65. The van der Waals surface area contributed by atoms with E-state index in [1.54, 1.807) is 51.1 Å². The smallest absolute Gasteiger partial charge is 0.253 e. The monoisotopic (exact) mass is 635 g/mol. The van der Waals surface area contributed by atoms with Gasteiger partial charge in [0.25, 0.3) is 5.91 Å². The molecule has 40 heavy (non-hydrogen) atoms. The summed E-state index contributed by atoms with van der Waals surface area (Å²) in [5, 5.41) is 9.82. The summed E-state index contributed by atoms with van der Waals surface area (Å²) in [5.74, 6) is -2.08. The Labute approximate surface area is 250 Å². The van der Waals surface area contributed by atoms with Crippen LogP contribution in [0.2, 0.25) is 5.02 Å². The zero-order valence-electron chi connectivity index (χ0n) is 23.0. The van der Waals surface area contributed by atoms with Crippen molar-refractivity contribution in [1.29, 1.82) is 0 Å². The molecule has 0 aliphatic carbocycles. The molecule has 3 saturated heterocycles. The number of carbonyl (C=O) groups excluding carboxylic acids is 3. The van der Waals surface area contributed by atoms with E-state index in [0.717, 1.165) is 6.42 Å². The lowest BCUT2D eigenvalue weighted by Gasteiger charge is -2.37. The number of fused-ring (bicyclic) bond motifs is 1. The van der Waals surface area contributed by atoms with E-state index in [4.69, 9.17) is 16.3 Å². The fourth-order valence-corrected chi connectivity index (χ4v) is 7.72. The Balaban J connectivity index is 1.76. The zero-order chi connectivity index (χ0) is 29.0. The van der Waals surface area contributed by atoms with Gasteiger partial charge in [0, 0.05) is 48.3 Å². The molecule has 3 heterocycles. The van der Waals surface area contributed by atoms with Gasteiger partial charge in [-0.15, -0.1) is 13.2 Å². The summed E-state index contributed by atoms with van der Waals surface area (Å²) < 4.78 is 6.66. The molecule has 6 atom stereocenters. The average Bonchev–Trinajstić information content (AvgIpc) is 3.53. The maximum Gasteiger partial charge on any atom is 0.253 e. The number of carbonyl (C=O) groups is 3. The van der Waals surface area contributed by atoms with Gasteiger partial charge in [-0.05, 0) is 56.4 Å². The van der Waals surface area contributed by atoms with Gasteiger partial charge < -0.3 is 24.5 Å². The standard InChI is InChI=1S/C30H39BrClN3O5/c1-4-14-33(15-5-2)27(37)23-24-28(38)35(17-8-7-9-18-36)26(30(24)19-22(31)25(23)40-30)29(39)34(16-6-3)21-12-10-20(32)11-13-21/h4,6,10-13,22-26,36H,1,3,5,7-9,14-19H2,2H3/t22?,23-,24-,25-,26?,30?/m0/s1. The van der Waals surface area contributed by atoms with E-state index in [2.05, 4.69) is 29.1 Å². The molecule has 3 aliphatic heterocycles. The van der Waals surface area contributed by atoms with Gasteiger partial charge in [-0.3, -0.25) is 14.4 Å². The minimum atomic E-state index is -1.14. The number of hydrogen-bond acceptors (Lipinski definition) is 5. The number of rotatable bonds is 14. The summed E-state index contributed by atoms with van der Waals surface area (Å²) in [6.07, 6.45) is 5.99. The van der Waals surface area contributed by atoms with Crippen LogP contribution < -0.4 is 4.90 Å². The molecule has 3 unspecified atom stereocenters. The lowest BCUT2D eigenvalue weighted by Crippen LogP contribution is -2.57. The highest BCUT2D eigenvalue weighted by Crippen LogP contribution is 2.60. The topological polar surface area (TPSA) is 90.4 Å². The Morgan fingerprint density at radius 2 is 1.88 bits per heavy atom. The van der Waals surface area contributed by atoms with Crippen LogP contribution in [0.1, 0.15) is 39.0 Å². The molecule has 1 N–H and O–H groups in total. The van der Waals surface area contributed by atoms with E-state index in [9.17, 15) is 19.5 Å². The van der Waals surface area contributed by atoms with Crippen LogP contribution in [-0.2, 0) is 19.1 Å². The SMILES string of the molecule is C=CCN(CCC)C(=O)[C@H]1[C@H]2C(=O)N(CCCCCO)C(C(=O)N(CC=C)c3ccc(Cl)cc3)C23CC(Br)[C@@H]1O3. The van der Waals surface area contributed by atoms with E-state index >= 15 is 0 Å². The van der Waals surface area contributed by atoms with Gasteiger partial charge in [0.05, 0.1) is 17.9 Å². The number of nitrogens with zero attached hydrogens (tertiary/aromatic N) is 3. The summed E-state index contributed by atoms with van der Waals surface area (Å²) in [6, 6.07) is 6.07. The number of benzene rings is 1. The first-order valence-corrected chi connectivity index (χ1v) is 15.4. The Kier molecular flexibility index (Phi) is 10.1. The second-order valence-electron chi connectivity index (χ2n) is 10.8. The van der Waals surface area contributed by atoms with Gasteiger partial charge in [-0.1, -0.05) is 46.6 Å². The van der Waals surface area contributed by atoms with Crippen molar-refractivity contribution >= 4 is 50.9 Å². The molecule has 1 aromatic carbocycles. The van der Waals surface area contributed by atoms with Crippen molar-refractivity contribution in [3.05, 3.63) is 54.6 Å². The second-order valence-corrected chi connectivity index (χ2v) is 12.4. The molecule has 3 amide bonds. The Morgan fingerprint density at radius 1 is 1.18 bits per heavy atom. The van der Waals surface area contributed by atoms with E-state index in [-0.39, 0.29) is 35.7 Å². The molecule has 1 aromatic rings. The summed E-state index contributed by atoms with van der Waals surface area (Å²) in [5.41, 5.74) is -0.500. The van der Waals surface area contributed by atoms with Gasteiger partial charge >= 0.3 is 0 Å². The lowest BCUT2D eigenvalue weighted by molar-refractivity contribution is -0.145. The van der Waals surface area contributed by atoms with E-state index in [0.29, 0.717) is 56.0 Å². The first-order valence-electron chi connectivity index (χ1n) is 14.1. The first-order chi connectivity index (χ1) is 19.2. The van der Waals surface area contributed by atoms with Gasteiger partial charge in [0.15, 0.2) is 0 Å². The summed E-state index contributed by atoms with van der Waals surface area (Å²) in [6.45, 7) is 11.2. The van der Waals surface area contributed by atoms with Crippen LogP contribution in [0.4, 0.5) is 5.69 Å². The molecule has 3 aliphatic rings. The number of likely N-dealkylation sites (tertiary alicyclic amines) is 1. The molecule has 8 nitrogen and oxygen atoms in total. The van der Waals surface area contributed by atoms with Gasteiger partial charge in [-0.25, -0.2) is 0 Å². The number of ether oxygens (including phenoxy) is 1. The van der Waals surface area contributed by atoms with Crippen LogP contribution in [0.25, 0.3) is 0 Å². The molecular formula is C30H39BrClN3O5. The Morgan fingerprint density at radius 3 is 2.50 bits per heavy atom. The predicted octanol–water partition coefficient (Wildman–Crippen LogP) is 4.19. The highest BCUT2D eigenvalue weighted by atomic mass is 79.9. The number of amides is 3. The molecule has 2 bridgehead atoms. The number of unbranched alkanes of at least 4 members (excludes halogenated alkanes) is 2. The maximum absolute atomic E-state index is 14.5. The molecule has 4 rings (SSSR count). The van der Waals surface area contributed by atoms with Crippen molar-refractivity contribution in [3.63, 3.8) is 0 Å². The Hall–Kier alpha value is -2.20. The summed E-state index contributed by atoms with van der Waals surface area (Å²) in [7, 11) is 0.